The lowest BCUT2D eigenvalue weighted by Gasteiger charge is -2.27. The Morgan fingerprint density at radius 2 is 2.29 bits per heavy atom. The Kier molecular flexibility index (Phi) is 4.20. The smallest absolute Gasteiger partial charge is 0.253 e. The van der Waals surface area contributed by atoms with Gasteiger partial charge in [-0.1, -0.05) is 19.1 Å². The third kappa shape index (κ3) is 3.08. The van der Waals surface area contributed by atoms with Crippen LogP contribution in [-0.4, -0.2) is 16.7 Å². The normalized spacial score (nSPS) is 17.5. The molecule has 1 aliphatic carbocycles. The summed E-state index contributed by atoms with van der Waals surface area (Å²) >= 11 is 0. The first kappa shape index (κ1) is 14.1. The predicted octanol–water partition coefficient (Wildman–Crippen LogP) is 2.94. The quantitative estimate of drug-likeness (QED) is 0.916. The summed E-state index contributed by atoms with van der Waals surface area (Å²) in [7, 11) is 0. The number of benzene rings is 1. The summed E-state index contributed by atoms with van der Waals surface area (Å²) in [6.45, 7) is 5.23. The number of aryl methyl sites for hydroxylation is 1. The Balaban J connectivity index is 1.78. The summed E-state index contributed by atoms with van der Waals surface area (Å²) in [5.74, 6) is 2.02. The van der Waals surface area contributed by atoms with E-state index in [4.69, 9.17) is 9.15 Å². The van der Waals surface area contributed by atoms with Gasteiger partial charge in [0.2, 0.25) is 5.89 Å². The van der Waals surface area contributed by atoms with Crippen molar-refractivity contribution in [1.82, 2.24) is 15.5 Å². The maximum absolute atomic E-state index is 5.91. The van der Waals surface area contributed by atoms with E-state index in [-0.39, 0.29) is 0 Å². The predicted molar refractivity (Wildman–Crippen MR) is 79.2 cm³/mol. The number of rotatable bonds is 5. The molecule has 0 saturated heterocycles. The molecule has 3 rings (SSSR count). The van der Waals surface area contributed by atoms with Crippen molar-refractivity contribution in [2.75, 3.05) is 6.54 Å². The fourth-order valence-electron chi connectivity index (χ4n) is 2.94. The average molecular weight is 287 g/mol. The molecule has 1 N–H and O–H groups in total. The van der Waals surface area contributed by atoms with Gasteiger partial charge in [-0.3, -0.25) is 0 Å². The van der Waals surface area contributed by atoms with E-state index < -0.39 is 0 Å². The number of hydrogen-bond donors (Lipinski definition) is 1. The fraction of sp³-hybridized carbons (Fsp3) is 0.500. The summed E-state index contributed by atoms with van der Waals surface area (Å²) < 4.78 is 11.3. The van der Waals surface area contributed by atoms with E-state index in [2.05, 4.69) is 34.6 Å². The first-order valence-corrected chi connectivity index (χ1v) is 7.55. The van der Waals surface area contributed by atoms with Crippen LogP contribution >= 0.6 is 0 Å². The lowest BCUT2D eigenvalue weighted by Crippen LogP contribution is -2.25. The van der Waals surface area contributed by atoms with Crippen LogP contribution in [0.25, 0.3) is 0 Å². The molecule has 5 nitrogen and oxygen atoms in total. The maximum atomic E-state index is 5.91. The molecule has 0 fully saturated rings. The first-order valence-electron chi connectivity index (χ1n) is 7.55. The molecule has 0 saturated carbocycles. The molecule has 0 spiro atoms. The molecule has 2 aromatic rings. The molecule has 0 bridgehead atoms. The van der Waals surface area contributed by atoms with E-state index in [0.29, 0.717) is 24.4 Å². The summed E-state index contributed by atoms with van der Waals surface area (Å²) in [5.41, 5.74) is 2.67. The van der Waals surface area contributed by atoms with Crippen molar-refractivity contribution in [2.24, 2.45) is 0 Å². The Morgan fingerprint density at radius 3 is 3.05 bits per heavy atom. The van der Waals surface area contributed by atoms with Crippen LogP contribution in [0.3, 0.4) is 0 Å². The van der Waals surface area contributed by atoms with Gasteiger partial charge in [0.05, 0.1) is 0 Å². The lowest BCUT2D eigenvalue weighted by molar-refractivity contribution is 0.256. The molecular formula is C16H21N3O2. The third-order valence-corrected chi connectivity index (χ3v) is 3.83. The minimum atomic E-state index is 0.323. The van der Waals surface area contributed by atoms with E-state index in [1.807, 2.05) is 6.07 Å². The molecule has 5 heteroatoms. The SMILES string of the molecule is CCNC1CCCc2c(OCc3nnc(C)o3)cccc21. The van der Waals surface area contributed by atoms with Crippen molar-refractivity contribution in [2.45, 2.75) is 45.8 Å². The van der Waals surface area contributed by atoms with Crippen LogP contribution in [0.15, 0.2) is 22.6 Å². The molecule has 1 aliphatic rings. The second-order valence-corrected chi connectivity index (χ2v) is 5.33. The highest BCUT2D eigenvalue weighted by atomic mass is 16.5. The van der Waals surface area contributed by atoms with Crippen LogP contribution in [0.5, 0.6) is 5.75 Å². The van der Waals surface area contributed by atoms with Crippen LogP contribution in [-0.2, 0) is 13.0 Å². The summed E-state index contributed by atoms with van der Waals surface area (Å²) in [6, 6.07) is 6.72. The topological polar surface area (TPSA) is 60.2 Å². The summed E-state index contributed by atoms with van der Waals surface area (Å²) in [6.07, 6.45) is 3.44. The van der Waals surface area contributed by atoms with E-state index in [9.17, 15) is 0 Å². The molecule has 0 aliphatic heterocycles. The second-order valence-electron chi connectivity index (χ2n) is 5.33. The van der Waals surface area contributed by atoms with Gasteiger partial charge in [0.25, 0.3) is 5.89 Å². The molecule has 112 valence electrons. The van der Waals surface area contributed by atoms with Crippen LogP contribution in [0, 0.1) is 6.92 Å². The van der Waals surface area contributed by atoms with Crippen molar-refractivity contribution in [3.05, 3.63) is 41.1 Å². The zero-order valence-electron chi connectivity index (χ0n) is 12.6. The number of ether oxygens (including phenoxy) is 1. The van der Waals surface area contributed by atoms with E-state index in [1.54, 1.807) is 6.92 Å². The first-order chi connectivity index (χ1) is 10.3. The Morgan fingerprint density at radius 1 is 1.38 bits per heavy atom. The van der Waals surface area contributed by atoms with Gasteiger partial charge >= 0.3 is 0 Å². The van der Waals surface area contributed by atoms with Gasteiger partial charge in [-0.05, 0) is 43.0 Å². The minimum Gasteiger partial charge on any atom is -0.484 e. The van der Waals surface area contributed by atoms with Crippen molar-refractivity contribution in [1.29, 1.82) is 0 Å². The summed E-state index contributed by atoms with van der Waals surface area (Å²) in [5, 5.41) is 11.3. The molecule has 0 amide bonds. The van der Waals surface area contributed by atoms with Gasteiger partial charge in [-0.25, -0.2) is 0 Å². The Bertz CT molecular complexity index is 609. The molecule has 1 aromatic heterocycles. The van der Waals surface area contributed by atoms with Gasteiger partial charge in [0.1, 0.15) is 5.75 Å². The average Bonchev–Trinajstić information content (AvgIpc) is 2.91. The zero-order chi connectivity index (χ0) is 14.7. The Labute approximate surface area is 124 Å². The number of fused-ring (bicyclic) bond motifs is 1. The van der Waals surface area contributed by atoms with Gasteiger partial charge in [0, 0.05) is 13.0 Å². The highest BCUT2D eigenvalue weighted by Crippen LogP contribution is 2.35. The highest BCUT2D eigenvalue weighted by Gasteiger charge is 2.22. The standard InChI is InChI=1S/C16H21N3O2/c1-3-17-14-8-4-7-13-12(14)6-5-9-15(13)20-10-16-19-18-11(2)21-16/h5-6,9,14,17H,3-4,7-8,10H2,1-2H3. The maximum Gasteiger partial charge on any atom is 0.253 e. The molecule has 1 atom stereocenters. The van der Waals surface area contributed by atoms with Crippen molar-refractivity contribution in [3.8, 4) is 5.75 Å². The zero-order valence-corrected chi connectivity index (χ0v) is 12.6. The largest absolute Gasteiger partial charge is 0.484 e. The number of aromatic nitrogens is 2. The van der Waals surface area contributed by atoms with Gasteiger partial charge < -0.3 is 14.5 Å². The van der Waals surface area contributed by atoms with Gasteiger partial charge in [-0.15, -0.1) is 10.2 Å². The molecule has 21 heavy (non-hydrogen) atoms. The lowest BCUT2D eigenvalue weighted by atomic mass is 9.87. The molecule has 0 radical (unpaired) electrons. The fourth-order valence-corrected chi connectivity index (χ4v) is 2.94. The van der Waals surface area contributed by atoms with Crippen molar-refractivity contribution >= 4 is 0 Å². The minimum absolute atomic E-state index is 0.323. The molecule has 1 unspecified atom stereocenters. The number of nitrogens with zero attached hydrogens (tertiary/aromatic N) is 2. The van der Waals surface area contributed by atoms with Gasteiger partial charge in [0.15, 0.2) is 6.61 Å². The monoisotopic (exact) mass is 287 g/mol. The third-order valence-electron chi connectivity index (χ3n) is 3.83. The van der Waals surface area contributed by atoms with E-state index in [0.717, 1.165) is 18.7 Å². The molecule has 1 aromatic carbocycles. The second kappa shape index (κ2) is 6.26. The van der Waals surface area contributed by atoms with Crippen LogP contribution in [0.1, 0.15) is 48.7 Å². The van der Waals surface area contributed by atoms with Crippen LogP contribution in [0.4, 0.5) is 0 Å². The van der Waals surface area contributed by atoms with E-state index in [1.165, 1.54) is 24.0 Å². The van der Waals surface area contributed by atoms with E-state index >= 15 is 0 Å². The van der Waals surface area contributed by atoms with Crippen molar-refractivity contribution in [3.63, 3.8) is 0 Å². The Hall–Kier alpha value is -1.88. The summed E-state index contributed by atoms with van der Waals surface area (Å²) in [4.78, 5) is 0. The van der Waals surface area contributed by atoms with Gasteiger partial charge in [-0.2, -0.15) is 0 Å². The highest BCUT2D eigenvalue weighted by molar-refractivity contribution is 5.43. The molecular weight excluding hydrogens is 266 g/mol. The van der Waals surface area contributed by atoms with Crippen LogP contribution in [0.2, 0.25) is 0 Å². The van der Waals surface area contributed by atoms with Crippen molar-refractivity contribution < 1.29 is 9.15 Å². The van der Waals surface area contributed by atoms with Crippen LogP contribution < -0.4 is 10.1 Å². The molecule has 1 heterocycles. The number of nitrogens with one attached hydrogen (secondary N) is 1. The number of hydrogen-bond acceptors (Lipinski definition) is 5.